The van der Waals surface area contributed by atoms with Crippen LogP contribution >= 0.6 is 0 Å². The summed E-state index contributed by atoms with van der Waals surface area (Å²) in [7, 11) is 0. The molecule has 5 atom stereocenters. The molecule has 1 fully saturated rings. The summed E-state index contributed by atoms with van der Waals surface area (Å²) in [5.41, 5.74) is 5.91. The quantitative estimate of drug-likeness (QED) is 0.522. The van der Waals surface area contributed by atoms with Gasteiger partial charge in [0, 0.05) is 11.6 Å². The Bertz CT molecular complexity index is 207. The van der Waals surface area contributed by atoms with Crippen LogP contribution in [-0.4, -0.2) is 34.6 Å². The molecule has 1 aliphatic heterocycles. The summed E-state index contributed by atoms with van der Waals surface area (Å²) in [6.07, 6.45) is -2.41. The van der Waals surface area contributed by atoms with Gasteiger partial charge in [0.15, 0.2) is 0 Å². The SMILES string of the molecule is C=C(N)[C@@H]1O[C@@H](C)C(O)[C@H](O)C1C. The van der Waals surface area contributed by atoms with Crippen LogP contribution in [0, 0.1) is 5.92 Å². The van der Waals surface area contributed by atoms with E-state index >= 15 is 0 Å². The van der Waals surface area contributed by atoms with Crippen LogP contribution in [0.3, 0.4) is 0 Å². The van der Waals surface area contributed by atoms with Crippen molar-refractivity contribution in [2.45, 2.75) is 38.3 Å². The average molecular weight is 187 g/mol. The lowest BCUT2D eigenvalue weighted by atomic mass is 9.87. The molecule has 0 aromatic carbocycles. The molecule has 0 radical (unpaired) electrons. The number of hydrogen-bond acceptors (Lipinski definition) is 4. The van der Waals surface area contributed by atoms with Gasteiger partial charge in [-0.05, 0) is 6.92 Å². The third-order valence-corrected chi connectivity index (χ3v) is 2.57. The number of aliphatic hydroxyl groups is 2. The van der Waals surface area contributed by atoms with Crippen LogP contribution in [0.4, 0.5) is 0 Å². The second-order valence-corrected chi connectivity index (χ2v) is 3.68. The van der Waals surface area contributed by atoms with Gasteiger partial charge in [-0.15, -0.1) is 0 Å². The Hall–Kier alpha value is -0.580. The summed E-state index contributed by atoms with van der Waals surface area (Å²) >= 11 is 0. The lowest BCUT2D eigenvalue weighted by Crippen LogP contribution is -2.53. The molecule has 0 spiro atoms. The maximum absolute atomic E-state index is 9.61. The Balaban J connectivity index is 2.76. The molecule has 2 unspecified atom stereocenters. The van der Waals surface area contributed by atoms with Crippen LogP contribution in [0.1, 0.15) is 13.8 Å². The molecule has 76 valence electrons. The predicted molar refractivity (Wildman–Crippen MR) is 48.8 cm³/mol. The molecule has 0 bridgehead atoms. The minimum Gasteiger partial charge on any atom is -0.400 e. The molecule has 4 nitrogen and oxygen atoms in total. The highest BCUT2D eigenvalue weighted by Crippen LogP contribution is 2.27. The first kappa shape index (κ1) is 10.5. The summed E-state index contributed by atoms with van der Waals surface area (Å²) in [5.74, 6) is -0.219. The van der Waals surface area contributed by atoms with E-state index in [9.17, 15) is 10.2 Å². The maximum Gasteiger partial charge on any atom is 0.106 e. The van der Waals surface area contributed by atoms with Gasteiger partial charge in [0.2, 0.25) is 0 Å². The van der Waals surface area contributed by atoms with Crippen LogP contribution < -0.4 is 5.73 Å². The molecular formula is C9H17NO3. The fraction of sp³-hybridized carbons (Fsp3) is 0.778. The number of hydrogen-bond donors (Lipinski definition) is 3. The zero-order valence-electron chi connectivity index (χ0n) is 7.97. The normalized spacial score (nSPS) is 46.0. The summed E-state index contributed by atoms with van der Waals surface area (Å²) in [6.45, 7) is 7.07. The van der Waals surface area contributed by atoms with Crippen LogP contribution in [0.25, 0.3) is 0 Å². The Morgan fingerprint density at radius 3 is 2.31 bits per heavy atom. The van der Waals surface area contributed by atoms with Crippen molar-refractivity contribution in [3.8, 4) is 0 Å². The first-order chi connectivity index (χ1) is 5.95. The van der Waals surface area contributed by atoms with E-state index in [0.29, 0.717) is 5.70 Å². The molecule has 0 aromatic heterocycles. The van der Waals surface area contributed by atoms with Crippen molar-refractivity contribution in [3.63, 3.8) is 0 Å². The van der Waals surface area contributed by atoms with E-state index in [1.807, 2.05) is 0 Å². The summed E-state index contributed by atoms with van der Waals surface area (Å²) in [4.78, 5) is 0. The standard InChI is InChI=1S/C9H17NO3/c1-4-7(11)8(12)6(3)13-9(4)5(2)10/h4,6-9,11-12H,2,10H2,1,3H3/t4?,6-,7+,8?,9+/m0/s1. The molecule has 4 N–H and O–H groups in total. The molecule has 1 rings (SSSR count). The third kappa shape index (κ3) is 1.85. The van der Waals surface area contributed by atoms with E-state index in [1.54, 1.807) is 13.8 Å². The Labute approximate surface area is 78.0 Å². The van der Waals surface area contributed by atoms with Gasteiger partial charge < -0.3 is 20.7 Å². The number of nitrogens with two attached hydrogens (primary N) is 1. The van der Waals surface area contributed by atoms with E-state index in [0.717, 1.165) is 0 Å². The molecule has 4 heteroatoms. The molecular weight excluding hydrogens is 170 g/mol. The molecule has 1 saturated heterocycles. The summed E-state index contributed by atoms with van der Waals surface area (Å²) < 4.78 is 5.41. The van der Waals surface area contributed by atoms with Gasteiger partial charge in [0.25, 0.3) is 0 Å². The first-order valence-corrected chi connectivity index (χ1v) is 4.41. The number of ether oxygens (including phenoxy) is 1. The number of rotatable bonds is 1. The maximum atomic E-state index is 9.61. The first-order valence-electron chi connectivity index (χ1n) is 4.41. The molecule has 1 heterocycles. The van der Waals surface area contributed by atoms with Crippen LogP contribution in [0.15, 0.2) is 12.3 Å². The van der Waals surface area contributed by atoms with E-state index in [2.05, 4.69) is 6.58 Å². The van der Waals surface area contributed by atoms with E-state index in [-0.39, 0.29) is 12.0 Å². The van der Waals surface area contributed by atoms with Crippen molar-refractivity contribution >= 4 is 0 Å². The zero-order valence-corrected chi connectivity index (χ0v) is 7.97. The smallest absolute Gasteiger partial charge is 0.106 e. The van der Waals surface area contributed by atoms with Gasteiger partial charge in [0.1, 0.15) is 12.2 Å². The highest BCUT2D eigenvalue weighted by Gasteiger charge is 2.40. The molecule has 0 saturated carbocycles. The van der Waals surface area contributed by atoms with Gasteiger partial charge >= 0.3 is 0 Å². The molecule has 0 amide bonds. The largest absolute Gasteiger partial charge is 0.400 e. The van der Waals surface area contributed by atoms with Crippen molar-refractivity contribution in [2.24, 2.45) is 11.7 Å². The highest BCUT2D eigenvalue weighted by molar-refractivity contribution is 5.04. The predicted octanol–water partition coefficient (Wildman–Crippen LogP) is -0.396. The topological polar surface area (TPSA) is 75.7 Å². The molecule has 13 heavy (non-hydrogen) atoms. The Kier molecular flexibility index (Phi) is 2.95. The lowest BCUT2D eigenvalue weighted by molar-refractivity contribution is -0.179. The monoisotopic (exact) mass is 187 g/mol. The Morgan fingerprint density at radius 2 is 1.85 bits per heavy atom. The fourth-order valence-electron chi connectivity index (χ4n) is 1.63. The van der Waals surface area contributed by atoms with E-state index in [1.165, 1.54) is 0 Å². The molecule has 0 aliphatic carbocycles. The third-order valence-electron chi connectivity index (χ3n) is 2.57. The van der Waals surface area contributed by atoms with E-state index in [4.69, 9.17) is 10.5 Å². The van der Waals surface area contributed by atoms with Gasteiger partial charge in [-0.1, -0.05) is 13.5 Å². The van der Waals surface area contributed by atoms with Crippen LogP contribution in [-0.2, 0) is 4.74 Å². The number of aliphatic hydroxyl groups excluding tert-OH is 2. The Morgan fingerprint density at radius 1 is 1.31 bits per heavy atom. The van der Waals surface area contributed by atoms with E-state index < -0.39 is 18.3 Å². The molecule has 0 aromatic rings. The van der Waals surface area contributed by atoms with Gasteiger partial charge in [-0.2, -0.15) is 0 Å². The summed E-state index contributed by atoms with van der Waals surface area (Å²) in [6, 6.07) is 0. The zero-order chi connectivity index (χ0) is 10.2. The lowest BCUT2D eigenvalue weighted by Gasteiger charge is -2.40. The minimum atomic E-state index is -0.842. The van der Waals surface area contributed by atoms with Crippen molar-refractivity contribution in [3.05, 3.63) is 12.3 Å². The van der Waals surface area contributed by atoms with Gasteiger partial charge in [-0.3, -0.25) is 0 Å². The fourth-order valence-corrected chi connectivity index (χ4v) is 1.63. The van der Waals surface area contributed by atoms with Crippen molar-refractivity contribution in [1.82, 2.24) is 0 Å². The van der Waals surface area contributed by atoms with Crippen molar-refractivity contribution in [2.75, 3.05) is 0 Å². The van der Waals surface area contributed by atoms with Crippen LogP contribution in [0.5, 0.6) is 0 Å². The second-order valence-electron chi connectivity index (χ2n) is 3.68. The second kappa shape index (κ2) is 3.65. The van der Waals surface area contributed by atoms with Crippen LogP contribution in [0.2, 0.25) is 0 Å². The summed E-state index contributed by atoms with van der Waals surface area (Å²) in [5, 5.41) is 19.1. The highest BCUT2D eigenvalue weighted by atomic mass is 16.5. The molecule has 1 aliphatic rings. The van der Waals surface area contributed by atoms with Crippen molar-refractivity contribution < 1.29 is 14.9 Å². The minimum absolute atomic E-state index is 0.219. The van der Waals surface area contributed by atoms with Gasteiger partial charge in [0.05, 0.1) is 12.2 Å². The van der Waals surface area contributed by atoms with Crippen molar-refractivity contribution in [1.29, 1.82) is 0 Å². The van der Waals surface area contributed by atoms with Gasteiger partial charge in [-0.25, -0.2) is 0 Å². The average Bonchev–Trinajstić information content (AvgIpc) is 2.07.